The molecule has 0 atom stereocenters. The first kappa shape index (κ1) is 21.7. The monoisotopic (exact) mass is 434 g/mol. The lowest BCUT2D eigenvalue weighted by Gasteiger charge is -2.16. The maximum Gasteiger partial charge on any atom is 0.338 e. The Bertz CT molecular complexity index is 1070. The molecule has 2 aromatic rings. The normalized spacial score (nSPS) is 16.5. The number of benzene rings is 2. The molecule has 1 saturated carbocycles. The molecule has 1 N–H and O–H groups in total. The van der Waals surface area contributed by atoms with Crippen molar-refractivity contribution in [2.75, 3.05) is 11.5 Å². The lowest BCUT2D eigenvalue weighted by atomic mass is 10.1. The van der Waals surface area contributed by atoms with Gasteiger partial charge >= 0.3 is 5.97 Å². The minimum atomic E-state index is -0.710. The fourth-order valence-corrected chi connectivity index (χ4v) is 4.31. The van der Waals surface area contributed by atoms with Crippen LogP contribution in [0.5, 0.6) is 0 Å². The summed E-state index contributed by atoms with van der Waals surface area (Å²) < 4.78 is 5.15. The van der Waals surface area contributed by atoms with Gasteiger partial charge in [-0.15, -0.1) is 0 Å². The molecule has 0 radical (unpaired) electrons. The number of carbonyl (C=O) groups is 4. The van der Waals surface area contributed by atoms with Crippen molar-refractivity contribution in [1.29, 1.82) is 0 Å². The van der Waals surface area contributed by atoms with Crippen LogP contribution in [0.25, 0.3) is 0 Å². The maximum absolute atomic E-state index is 12.9. The second kappa shape index (κ2) is 9.34. The summed E-state index contributed by atoms with van der Waals surface area (Å²) in [5.41, 5.74) is 1.81. The highest BCUT2D eigenvalue weighted by molar-refractivity contribution is 6.34. The number of aryl methyl sites for hydroxylation is 1. The van der Waals surface area contributed by atoms with E-state index in [1.165, 1.54) is 31.0 Å². The van der Waals surface area contributed by atoms with E-state index in [0.717, 1.165) is 36.1 Å². The van der Waals surface area contributed by atoms with Crippen molar-refractivity contribution in [2.24, 2.45) is 0 Å². The van der Waals surface area contributed by atoms with Crippen molar-refractivity contribution in [1.82, 2.24) is 5.32 Å². The molecule has 4 rings (SSSR count). The molecule has 0 bridgehead atoms. The van der Waals surface area contributed by atoms with Crippen molar-refractivity contribution in [3.63, 3.8) is 0 Å². The van der Waals surface area contributed by atoms with Crippen LogP contribution >= 0.6 is 0 Å². The summed E-state index contributed by atoms with van der Waals surface area (Å²) in [4.78, 5) is 51.5. The number of hydrogen-bond acceptors (Lipinski definition) is 5. The Morgan fingerprint density at radius 1 is 0.969 bits per heavy atom. The molecule has 2 aromatic carbocycles. The summed E-state index contributed by atoms with van der Waals surface area (Å²) in [7, 11) is 0. The molecule has 1 heterocycles. The van der Waals surface area contributed by atoms with Crippen molar-refractivity contribution in [3.05, 3.63) is 64.7 Å². The third-order valence-corrected chi connectivity index (χ3v) is 6.03. The number of para-hydroxylation sites is 1. The van der Waals surface area contributed by atoms with Gasteiger partial charge in [-0.2, -0.15) is 0 Å². The first-order valence-corrected chi connectivity index (χ1v) is 11.0. The van der Waals surface area contributed by atoms with Gasteiger partial charge in [0.1, 0.15) is 0 Å². The molecule has 3 amide bonds. The van der Waals surface area contributed by atoms with Crippen LogP contribution in [-0.2, 0) is 9.53 Å². The predicted octanol–water partition coefficient (Wildman–Crippen LogP) is 3.79. The number of nitrogens with zero attached hydrogens (tertiary/aromatic N) is 1. The Kier molecular flexibility index (Phi) is 6.35. The first-order chi connectivity index (χ1) is 15.5. The number of hydrogen-bond donors (Lipinski definition) is 1. The fourth-order valence-electron chi connectivity index (χ4n) is 4.31. The van der Waals surface area contributed by atoms with Gasteiger partial charge in [0.25, 0.3) is 17.7 Å². The number of fused-ring (bicyclic) bond motifs is 1. The van der Waals surface area contributed by atoms with Gasteiger partial charge in [-0.05, 0) is 49.6 Å². The lowest BCUT2D eigenvalue weighted by Crippen LogP contribution is -2.37. The van der Waals surface area contributed by atoms with Crippen molar-refractivity contribution in [3.8, 4) is 0 Å². The molecular formula is C25H26N2O5. The number of amides is 3. The quantitative estimate of drug-likeness (QED) is 0.439. The second-order valence-electron chi connectivity index (χ2n) is 8.32. The Hall–Kier alpha value is -3.48. The average molecular weight is 434 g/mol. The highest BCUT2D eigenvalue weighted by atomic mass is 16.5. The summed E-state index contributed by atoms with van der Waals surface area (Å²) >= 11 is 0. The van der Waals surface area contributed by atoms with Crippen LogP contribution < -0.4 is 10.2 Å². The number of anilines is 1. The molecule has 166 valence electrons. The minimum absolute atomic E-state index is 0.124. The zero-order valence-corrected chi connectivity index (χ0v) is 18.1. The Balaban J connectivity index is 1.42. The molecule has 2 aliphatic rings. The van der Waals surface area contributed by atoms with E-state index in [4.69, 9.17) is 4.74 Å². The van der Waals surface area contributed by atoms with Crippen LogP contribution in [0, 0.1) is 6.92 Å². The van der Waals surface area contributed by atoms with E-state index in [9.17, 15) is 19.2 Å². The van der Waals surface area contributed by atoms with E-state index >= 15 is 0 Å². The van der Waals surface area contributed by atoms with Crippen LogP contribution in [0.3, 0.4) is 0 Å². The van der Waals surface area contributed by atoms with Crippen molar-refractivity contribution < 1.29 is 23.9 Å². The van der Waals surface area contributed by atoms with Crippen LogP contribution in [-0.4, -0.2) is 36.3 Å². The topological polar surface area (TPSA) is 92.8 Å². The summed E-state index contributed by atoms with van der Waals surface area (Å²) in [6.45, 7) is 1.44. The van der Waals surface area contributed by atoms with Gasteiger partial charge in [0.05, 0.1) is 22.4 Å². The van der Waals surface area contributed by atoms with Crippen LogP contribution in [0.1, 0.15) is 75.2 Å². The summed E-state index contributed by atoms with van der Waals surface area (Å²) in [6, 6.07) is 11.5. The van der Waals surface area contributed by atoms with E-state index in [0.29, 0.717) is 5.69 Å². The zero-order chi connectivity index (χ0) is 22.7. The third kappa shape index (κ3) is 4.42. The molecule has 0 spiro atoms. The molecule has 1 aliphatic carbocycles. The van der Waals surface area contributed by atoms with E-state index in [1.54, 1.807) is 12.1 Å². The highest BCUT2D eigenvalue weighted by Crippen LogP contribution is 2.31. The number of esters is 1. The molecule has 0 unspecified atom stereocenters. The molecule has 7 nitrogen and oxygen atoms in total. The number of imide groups is 1. The lowest BCUT2D eigenvalue weighted by molar-refractivity contribution is -0.125. The number of nitrogens with one attached hydrogen (secondary N) is 1. The third-order valence-electron chi connectivity index (χ3n) is 6.03. The van der Waals surface area contributed by atoms with Gasteiger partial charge in [-0.25, -0.2) is 9.69 Å². The van der Waals surface area contributed by atoms with Gasteiger partial charge in [0.15, 0.2) is 6.61 Å². The zero-order valence-electron chi connectivity index (χ0n) is 18.1. The van der Waals surface area contributed by atoms with Crippen molar-refractivity contribution in [2.45, 2.75) is 51.5 Å². The van der Waals surface area contributed by atoms with Crippen LogP contribution in [0.4, 0.5) is 5.69 Å². The smallest absolute Gasteiger partial charge is 0.338 e. The summed E-state index contributed by atoms with van der Waals surface area (Å²) in [6.07, 6.45) is 6.43. The molecule has 1 fully saturated rings. The number of carbonyl (C=O) groups excluding carboxylic acids is 4. The largest absolute Gasteiger partial charge is 0.452 e. The van der Waals surface area contributed by atoms with E-state index in [2.05, 4.69) is 5.32 Å². The first-order valence-electron chi connectivity index (χ1n) is 11.0. The Labute approximate surface area is 186 Å². The minimum Gasteiger partial charge on any atom is -0.452 e. The molecule has 1 aliphatic heterocycles. The number of ether oxygens (including phenoxy) is 1. The van der Waals surface area contributed by atoms with E-state index in [1.807, 2.05) is 19.1 Å². The Morgan fingerprint density at radius 2 is 1.66 bits per heavy atom. The number of rotatable bonds is 5. The fraction of sp³-hybridized carbons (Fsp3) is 0.360. The highest BCUT2D eigenvalue weighted by Gasteiger charge is 2.37. The van der Waals surface area contributed by atoms with Gasteiger partial charge in [-0.1, -0.05) is 43.9 Å². The predicted molar refractivity (Wildman–Crippen MR) is 119 cm³/mol. The van der Waals surface area contributed by atoms with Crippen molar-refractivity contribution >= 4 is 29.4 Å². The van der Waals surface area contributed by atoms with Gasteiger partial charge in [0.2, 0.25) is 0 Å². The molecule has 32 heavy (non-hydrogen) atoms. The van der Waals surface area contributed by atoms with Gasteiger partial charge in [-0.3, -0.25) is 14.4 Å². The SMILES string of the molecule is Cc1ccccc1N1C(=O)c2ccc(C(=O)OCC(=O)NC3CCCCCC3)cc2C1=O. The Morgan fingerprint density at radius 3 is 2.38 bits per heavy atom. The van der Waals surface area contributed by atoms with Gasteiger partial charge in [0, 0.05) is 6.04 Å². The molecular weight excluding hydrogens is 408 g/mol. The van der Waals surface area contributed by atoms with Crippen LogP contribution in [0.2, 0.25) is 0 Å². The second-order valence-corrected chi connectivity index (χ2v) is 8.32. The van der Waals surface area contributed by atoms with Crippen LogP contribution in [0.15, 0.2) is 42.5 Å². The standard InChI is InChI=1S/C25H26N2O5/c1-16-8-6-7-11-21(16)27-23(29)19-13-12-17(14-20(19)24(27)30)25(31)32-15-22(28)26-18-9-4-2-3-5-10-18/h6-8,11-14,18H,2-5,9-10,15H2,1H3,(H,26,28). The molecule has 0 aromatic heterocycles. The van der Waals surface area contributed by atoms with E-state index < -0.39 is 17.8 Å². The average Bonchev–Trinajstić information content (AvgIpc) is 2.95. The molecule has 0 saturated heterocycles. The van der Waals surface area contributed by atoms with Gasteiger partial charge < -0.3 is 10.1 Å². The maximum atomic E-state index is 12.9. The summed E-state index contributed by atoms with van der Waals surface area (Å²) in [5, 5.41) is 2.93. The summed E-state index contributed by atoms with van der Waals surface area (Å²) in [5.74, 6) is -1.95. The van der Waals surface area contributed by atoms with E-state index in [-0.39, 0.29) is 35.2 Å². The molecule has 7 heteroatoms.